The summed E-state index contributed by atoms with van der Waals surface area (Å²) in [7, 11) is 0. The average molecular weight is 180 g/mol. The van der Waals surface area contributed by atoms with Crippen molar-refractivity contribution in [3.05, 3.63) is 0 Å². The third-order valence-corrected chi connectivity index (χ3v) is 1.32. The van der Waals surface area contributed by atoms with Gasteiger partial charge in [-0.05, 0) is 19.8 Å². The van der Waals surface area contributed by atoms with Crippen LogP contribution in [0, 0.1) is 0 Å². The monoisotopic (exact) mass is 180 g/mol. The van der Waals surface area contributed by atoms with Crippen molar-refractivity contribution in [3.8, 4) is 0 Å². The summed E-state index contributed by atoms with van der Waals surface area (Å²) in [4.78, 5) is 10.7. The predicted molar refractivity (Wildman–Crippen MR) is 41.4 cm³/mol. The van der Waals surface area contributed by atoms with Gasteiger partial charge in [-0.2, -0.15) is 0 Å². The van der Waals surface area contributed by atoms with E-state index < -0.39 is 18.8 Å². The van der Waals surface area contributed by atoms with E-state index in [-0.39, 0.29) is 13.0 Å². The fraction of sp³-hybridized carbons (Fsp3) is 0.875. The van der Waals surface area contributed by atoms with E-state index in [0.717, 1.165) is 0 Å². The lowest BCUT2D eigenvalue weighted by molar-refractivity contribution is -0.144. The normalized spacial score (nSPS) is 12.6. The highest BCUT2D eigenvalue weighted by Crippen LogP contribution is 2.04. The van der Waals surface area contributed by atoms with Crippen LogP contribution in [0.3, 0.4) is 0 Å². The summed E-state index contributed by atoms with van der Waals surface area (Å²) in [5.41, 5.74) is 0. The van der Waals surface area contributed by atoms with Crippen LogP contribution in [0.1, 0.15) is 26.2 Å². The number of rotatable bonds is 6. The Morgan fingerprint density at radius 3 is 2.75 bits per heavy atom. The lowest BCUT2D eigenvalue weighted by atomic mass is 10.2. The molecule has 0 aliphatic heterocycles. The SMILES string of the molecule is CC(F)CCCC(=O)OCCF. The van der Waals surface area contributed by atoms with Gasteiger partial charge in [-0.1, -0.05) is 0 Å². The molecule has 1 unspecified atom stereocenters. The van der Waals surface area contributed by atoms with Gasteiger partial charge in [-0.3, -0.25) is 4.79 Å². The molecule has 0 spiro atoms. The summed E-state index contributed by atoms with van der Waals surface area (Å²) in [5.74, 6) is -0.451. The lowest BCUT2D eigenvalue weighted by Gasteiger charge is -2.02. The molecule has 0 aliphatic rings. The Bertz CT molecular complexity index is 126. The Morgan fingerprint density at radius 1 is 1.58 bits per heavy atom. The smallest absolute Gasteiger partial charge is 0.305 e. The van der Waals surface area contributed by atoms with Crippen molar-refractivity contribution >= 4 is 5.97 Å². The summed E-state index contributed by atoms with van der Waals surface area (Å²) in [6.45, 7) is 0.585. The molecule has 0 N–H and O–H groups in total. The Morgan fingerprint density at radius 2 is 2.25 bits per heavy atom. The number of alkyl halides is 2. The van der Waals surface area contributed by atoms with Gasteiger partial charge >= 0.3 is 5.97 Å². The first-order chi connectivity index (χ1) is 5.66. The van der Waals surface area contributed by atoms with Gasteiger partial charge in [0.05, 0.1) is 6.17 Å². The Balaban J connectivity index is 3.20. The van der Waals surface area contributed by atoms with Crippen LogP contribution in [0.5, 0.6) is 0 Å². The van der Waals surface area contributed by atoms with E-state index in [9.17, 15) is 13.6 Å². The molecule has 0 amide bonds. The van der Waals surface area contributed by atoms with E-state index in [2.05, 4.69) is 4.74 Å². The molecule has 0 aromatic carbocycles. The van der Waals surface area contributed by atoms with Crippen molar-refractivity contribution in [2.24, 2.45) is 0 Å². The molecule has 0 aromatic rings. The molecule has 1 atom stereocenters. The maximum atomic E-state index is 12.2. The van der Waals surface area contributed by atoms with Gasteiger partial charge in [0.15, 0.2) is 0 Å². The molecule has 72 valence electrons. The maximum absolute atomic E-state index is 12.2. The molecule has 0 rings (SSSR count). The topological polar surface area (TPSA) is 26.3 Å². The van der Waals surface area contributed by atoms with Crippen LogP contribution in [0.15, 0.2) is 0 Å². The minimum atomic E-state index is -0.890. The number of ether oxygens (including phenoxy) is 1. The lowest BCUT2D eigenvalue weighted by Crippen LogP contribution is -2.07. The van der Waals surface area contributed by atoms with E-state index in [1.54, 1.807) is 0 Å². The summed E-state index contributed by atoms with van der Waals surface area (Å²) in [6, 6.07) is 0. The van der Waals surface area contributed by atoms with E-state index in [0.29, 0.717) is 12.8 Å². The van der Waals surface area contributed by atoms with Crippen molar-refractivity contribution < 1.29 is 18.3 Å². The first kappa shape index (κ1) is 11.3. The number of carbonyl (C=O) groups is 1. The quantitative estimate of drug-likeness (QED) is 0.584. The molecule has 0 heterocycles. The molecule has 0 bridgehead atoms. The molecule has 0 fully saturated rings. The summed E-state index contributed by atoms with van der Waals surface area (Å²) >= 11 is 0. The van der Waals surface area contributed by atoms with Gasteiger partial charge in [-0.15, -0.1) is 0 Å². The highest BCUT2D eigenvalue weighted by atomic mass is 19.1. The second kappa shape index (κ2) is 7.00. The van der Waals surface area contributed by atoms with Gasteiger partial charge in [0.1, 0.15) is 13.3 Å². The van der Waals surface area contributed by atoms with E-state index in [1.165, 1.54) is 6.92 Å². The highest BCUT2D eigenvalue weighted by molar-refractivity contribution is 5.69. The minimum Gasteiger partial charge on any atom is -0.463 e. The van der Waals surface area contributed by atoms with Crippen LogP contribution in [0.25, 0.3) is 0 Å². The van der Waals surface area contributed by atoms with E-state index >= 15 is 0 Å². The molecule has 2 nitrogen and oxygen atoms in total. The Kier molecular flexibility index (Phi) is 6.61. The Labute approximate surface area is 70.9 Å². The average Bonchev–Trinajstić information content (AvgIpc) is 2.00. The first-order valence-electron chi connectivity index (χ1n) is 4.02. The summed E-state index contributed by atoms with van der Waals surface area (Å²) in [6.07, 6.45) is 0.0980. The largest absolute Gasteiger partial charge is 0.463 e. The first-order valence-corrected chi connectivity index (χ1v) is 4.02. The van der Waals surface area contributed by atoms with Gasteiger partial charge in [0, 0.05) is 6.42 Å². The van der Waals surface area contributed by atoms with Crippen molar-refractivity contribution in [3.63, 3.8) is 0 Å². The Hall–Kier alpha value is -0.670. The van der Waals surface area contributed by atoms with Gasteiger partial charge < -0.3 is 4.74 Å². The predicted octanol–water partition coefficient (Wildman–Crippen LogP) is 2.03. The van der Waals surface area contributed by atoms with Crippen molar-refractivity contribution in [2.75, 3.05) is 13.3 Å². The van der Waals surface area contributed by atoms with E-state index in [1.807, 2.05) is 0 Å². The highest BCUT2D eigenvalue weighted by Gasteiger charge is 2.04. The van der Waals surface area contributed by atoms with Gasteiger partial charge in [0.25, 0.3) is 0 Å². The minimum absolute atomic E-state index is 0.175. The third-order valence-electron chi connectivity index (χ3n) is 1.32. The summed E-state index contributed by atoms with van der Waals surface area (Å²) in [5, 5.41) is 0. The van der Waals surface area contributed by atoms with E-state index in [4.69, 9.17) is 0 Å². The zero-order chi connectivity index (χ0) is 9.40. The van der Waals surface area contributed by atoms with Crippen LogP contribution in [-0.4, -0.2) is 25.4 Å². The van der Waals surface area contributed by atoms with Crippen LogP contribution in [0.4, 0.5) is 8.78 Å². The number of esters is 1. The summed E-state index contributed by atoms with van der Waals surface area (Å²) < 4.78 is 28.1. The molecule has 4 heteroatoms. The van der Waals surface area contributed by atoms with Crippen molar-refractivity contribution in [1.82, 2.24) is 0 Å². The number of hydrogen-bond donors (Lipinski definition) is 0. The fourth-order valence-corrected chi connectivity index (χ4v) is 0.752. The molecule has 0 saturated heterocycles. The van der Waals surface area contributed by atoms with Crippen molar-refractivity contribution in [2.45, 2.75) is 32.4 Å². The van der Waals surface area contributed by atoms with Crippen LogP contribution in [0.2, 0.25) is 0 Å². The van der Waals surface area contributed by atoms with Crippen LogP contribution >= 0.6 is 0 Å². The molecule has 0 radical (unpaired) electrons. The standard InChI is InChI=1S/C8H14F2O2/c1-7(10)3-2-4-8(11)12-6-5-9/h7H,2-6H2,1H3. The zero-order valence-corrected chi connectivity index (χ0v) is 7.19. The second-order valence-electron chi connectivity index (χ2n) is 2.58. The van der Waals surface area contributed by atoms with Crippen molar-refractivity contribution in [1.29, 1.82) is 0 Å². The number of halogens is 2. The number of carbonyl (C=O) groups excluding carboxylic acids is 1. The van der Waals surface area contributed by atoms with Gasteiger partial charge in [0.2, 0.25) is 0 Å². The molecular weight excluding hydrogens is 166 g/mol. The van der Waals surface area contributed by atoms with Crippen LogP contribution in [-0.2, 0) is 9.53 Å². The molecule has 12 heavy (non-hydrogen) atoms. The van der Waals surface area contributed by atoms with Gasteiger partial charge in [-0.25, -0.2) is 8.78 Å². The maximum Gasteiger partial charge on any atom is 0.305 e. The molecule has 0 saturated carbocycles. The third kappa shape index (κ3) is 7.44. The molecule has 0 aromatic heterocycles. The molecular formula is C8H14F2O2. The zero-order valence-electron chi connectivity index (χ0n) is 7.19. The number of hydrogen-bond acceptors (Lipinski definition) is 2. The molecule has 0 aliphatic carbocycles. The second-order valence-corrected chi connectivity index (χ2v) is 2.58. The van der Waals surface area contributed by atoms with Crippen LogP contribution < -0.4 is 0 Å². The fourth-order valence-electron chi connectivity index (χ4n) is 0.752.